The summed E-state index contributed by atoms with van der Waals surface area (Å²) in [6.07, 6.45) is 0. The Kier molecular flexibility index (Phi) is 6.65. The molecule has 45 heavy (non-hydrogen) atoms. The average Bonchev–Trinajstić information content (AvgIpc) is 3.10. The van der Waals surface area contributed by atoms with E-state index in [1.807, 2.05) is 0 Å². The molecular formula is C44H33N. The molecule has 0 unspecified atom stereocenters. The third-order valence-electron chi connectivity index (χ3n) is 9.06. The van der Waals surface area contributed by atoms with Gasteiger partial charge >= 0.3 is 0 Å². The third-order valence-corrected chi connectivity index (χ3v) is 9.06. The Labute approximate surface area is 263 Å². The van der Waals surface area contributed by atoms with Crippen LogP contribution < -0.4 is 4.90 Å². The summed E-state index contributed by atoms with van der Waals surface area (Å²) in [6.45, 7) is 4.32. The zero-order chi connectivity index (χ0) is 30.3. The molecule has 0 aromatic heterocycles. The van der Waals surface area contributed by atoms with Gasteiger partial charge in [0.25, 0.3) is 0 Å². The first kappa shape index (κ1) is 26.9. The van der Waals surface area contributed by atoms with Gasteiger partial charge in [0, 0.05) is 16.8 Å². The molecule has 0 aliphatic heterocycles. The predicted molar refractivity (Wildman–Crippen MR) is 196 cm³/mol. The molecule has 1 heteroatoms. The second-order valence-corrected chi connectivity index (χ2v) is 11.9. The second-order valence-electron chi connectivity index (χ2n) is 11.9. The lowest BCUT2D eigenvalue weighted by molar-refractivity contribution is 1.29. The fraction of sp³-hybridized carbons (Fsp3) is 0.0455. The maximum absolute atomic E-state index is 2.32. The maximum Gasteiger partial charge on any atom is 0.0540 e. The summed E-state index contributed by atoms with van der Waals surface area (Å²) >= 11 is 0. The van der Waals surface area contributed by atoms with Crippen LogP contribution in [0.1, 0.15) is 11.1 Å². The summed E-state index contributed by atoms with van der Waals surface area (Å²) in [4.78, 5) is 2.32. The van der Waals surface area contributed by atoms with Gasteiger partial charge in [0.1, 0.15) is 0 Å². The lowest BCUT2D eigenvalue weighted by Crippen LogP contribution is -2.10. The highest BCUT2D eigenvalue weighted by Crippen LogP contribution is 2.41. The first-order valence-electron chi connectivity index (χ1n) is 15.6. The highest BCUT2D eigenvalue weighted by molar-refractivity contribution is 6.33. The van der Waals surface area contributed by atoms with E-state index in [4.69, 9.17) is 0 Å². The van der Waals surface area contributed by atoms with Crippen LogP contribution in [0.5, 0.6) is 0 Å². The fourth-order valence-electron chi connectivity index (χ4n) is 6.89. The van der Waals surface area contributed by atoms with Crippen molar-refractivity contribution in [1.29, 1.82) is 0 Å². The lowest BCUT2D eigenvalue weighted by Gasteiger charge is -2.26. The number of aryl methyl sites for hydroxylation is 2. The van der Waals surface area contributed by atoms with Crippen LogP contribution in [0.15, 0.2) is 164 Å². The van der Waals surface area contributed by atoms with Crippen molar-refractivity contribution in [2.24, 2.45) is 0 Å². The van der Waals surface area contributed by atoms with Gasteiger partial charge in [-0.3, -0.25) is 0 Å². The van der Waals surface area contributed by atoms with E-state index in [9.17, 15) is 0 Å². The van der Waals surface area contributed by atoms with Gasteiger partial charge in [-0.15, -0.1) is 0 Å². The Balaban J connectivity index is 0.000000134. The minimum absolute atomic E-state index is 1.16. The molecule has 0 atom stereocenters. The highest BCUT2D eigenvalue weighted by atomic mass is 15.1. The van der Waals surface area contributed by atoms with Crippen molar-refractivity contribution in [3.8, 4) is 0 Å². The zero-order valence-electron chi connectivity index (χ0n) is 25.5. The van der Waals surface area contributed by atoms with Crippen LogP contribution in [0, 0.1) is 13.8 Å². The summed E-state index contributed by atoms with van der Waals surface area (Å²) in [5.74, 6) is 0. The molecule has 0 bridgehead atoms. The van der Waals surface area contributed by atoms with Gasteiger partial charge in [-0.25, -0.2) is 0 Å². The van der Waals surface area contributed by atoms with Crippen molar-refractivity contribution in [2.75, 3.05) is 4.90 Å². The van der Waals surface area contributed by atoms with Crippen molar-refractivity contribution >= 4 is 70.9 Å². The van der Waals surface area contributed by atoms with Crippen LogP contribution in [-0.4, -0.2) is 0 Å². The molecule has 0 saturated heterocycles. The zero-order valence-corrected chi connectivity index (χ0v) is 25.5. The number of hydrogen-bond donors (Lipinski definition) is 0. The fourth-order valence-corrected chi connectivity index (χ4v) is 6.89. The van der Waals surface area contributed by atoms with E-state index < -0.39 is 0 Å². The minimum Gasteiger partial charge on any atom is -0.310 e. The molecule has 0 aliphatic rings. The number of anilines is 3. The smallest absolute Gasteiger partial charge is 0.0540 e. The molecule has 0 amide bonds. The Bertz CT molecular complexity index is 2380. The van der Waals surface area contributed by atoms with Crippen LogP contribution in [0.4, 0.5) is 17.1 Å². The van der Waals surface area contributed by atoms with Gasteiger partial charge in [-0.2, -0.15) is 0 Å². The molecule has 9 aromatic carbocycles. The summed E-state index contributed by atoms with van der Waals surface area (Å²) < 4.78 is 0. The topological polar surface area (TPSA) is 3.24 Å². The van der Waals surface area contributed by atoms with Gasteiger partial charge in [-0.05, 0) is 98.2 Å². The van der Waals surface area contributed by atoms with Crippen LogP contribution in [0.2, 0.25) is 0 Å². The Morgan fingerprint density at radius 2 is 0.844 bits per heavy atom. The predicted octanol–water partition coefficient (Wildman–Crippen LogP) is 12.7. The van der Waals surface area contributed by atoms with E-state index in [1.54, 1.807) is 0 Å². The largest absolute Gasteiger partial charge is 0.310 e. The van der Waals surface area contributed by atoms with Crippen molar-refractivity contribution in [2.45, 2.75) is 13.8 Å². The van der Waals surface area contributed by atoms with E-state index in [0.717, 1.165) is 5.69 Å². The molecule has 1 nitrogen and oxygen atoms in total. The number of benzene rings is 9. The normalized spacial score (nSPS) is 11.3. The van der Waals surface area contributed by atoms with Gasteiger partial charge in [-0.1, -0.05) is 139 Å². The standard InChI is InChI=1S/C23H19N.C21H14/c1-18-14-16-21(17-15-18)24(20-10-3-2-4-11-20)23-13-7-9-19-8-5-6-12-22(19)23;1-13-11-12-19-17-9-3-6-14-5-2-8-16(20(14)17)18-10-4-7-15(13)21(18)19/h2-17H,1H3;2-12H,1H3. The van der Waals surface area contributed by atoms with Gasteiger partial charge in [0.2, 0.25) is 0 Å². The van der Waals surface area contributed by atoms with Crippen molar-refractivity contribution < 1.29 is 0 Å². The third kappa shape index (κ3) is 4.65. The molecular weight excluding hydrogens is 542 g/mol. The average molecular weight is 576 g/mol. The molecule has 0 radical (unpaired) electrons. The first-order chi connectivity index (χ1) is 22.2. The molecule has 9 aromatic rings. The summed E-state index contributed by atoms with van der Waals surface area (Å²) in [5.41, 5.74) is 6.15. The number of para-hydroxylation sites is 1. The minimum atomic E-state index is 1.16. The quantitative estimate of drug-likeness (QED) is 0.150. The first-order valence-corrected chi connectivity index (χ1v) is 15.6. The number of fused-ring (bicyclic) bond motifs is 3. The summed E-state index contributed by atoms with van der Waals surface area (Å²) in [6, 6.07) is 58.7. The SMILES string of the molecule is Cc1ccc(N(c2ccccc2)c2cccc3ccccc23)cc1.Cc1ccc2c3cccc4cccc(c5cccc1c52)c43. The van der Waals surface area contributed by atoms with Crippen molar-refractivity contribution in [1.82, 2.24) is 0 Å². The maximum atomic E-state index is 2.32. The molecule has 0 spiro atoms. The van der Waals surface area contributed by atoms with Crippen LogP contribution >= 0.6 is 0 Å². The monoisotopic (exact) mass is 575 g/mol. The van der Waals surface area contributed by atoms with E-state index in [1.165, 1.54) is 76.4 Å². The molecule has 0 aliphatic carbocycles. The van der Waals surface area contributed by atoms with Crippen LogP contribution in [0.3, 0.4) is 0 Å². The van der Waals surface area contributed by atoms with E-state index in [2.05, 4.69) is 183 Å². The Hall–Kier alpha value is -5.66. The van der Waals surface area contributed by atoms with Crippen molar-refractivity contribution in [3.05, 3.63) is 175 Å². The second kappa shape index (κ2) is 11.1. The van der Waals surface area contributed by atoms with E-state index in [0.29, 0.717) is 0 Å². The molecule has 0 fully saturated rings. The van der Waals surface area contributed by atoms with Crippen LogP contribution in [0.25, 0.3) is 53.9 Å². The number of hydrogen-bond acceptors (Lipinski definition) is 1. The molecule has 9 rings (SSSR count). The summed E-state index contributed by atoms with van der Waals surface area (Å²) in [5, 5.41) is 13.5. The lowest BCUT2D eigenvalue weighted by atomic mass is 9.89. The van der Waals surface area contributed by atoms with Gasteiger partial charge in [0.15, 0.2) is 0 Å². The Morgan fingerprint density at radius 3 is 1.60 bits per heavy atom. The van der Waals surface area contributed by atoms with Gasteiger partial charge < -0.3 is 4.90 Å². The summed E-state index contributed by atoms with van der Waals surface area (Å²) in [7, 11) is 0. The number of nitrogens with zero attached hydrogens (tertiary/aromatic N) is 1. The van der Waals surface area contributed by atoms with Gasteiger partial charge in [0.05, 0.1) is 5.69 Å². The molecule has 0 saturated carbocycles. The Morgan fingerprint density at radius 1 is 0.333 bits per heavy atom. The van der Waals surface area contributed by atoms with Crippen molar-refractivity contribution in [3.63, 3.8) is 0 Å². The molecule has 214 valence electrons. The number of rotatable bonds is 3. The highest BCUT2D eigenvalue weighted by Gasteiger charge is 2.15. The van der Waals surface area contributed by atoms with E-state index in [-0.39, 0.29) is 0 Å². The molecule has 0 heterocycles. The van der Waals surface area contributed by atoms with E-state index >= 15 is 0 Å². The van der Waals surface area contributed by atoms with Crippen LogP contribution in [-0.2, 0) is 0 Å². The molecule has 0 N–H and O–H groups in total.